The fraction of sp³-hybridized carbons (Fsp3) is 0.125. The van der Waals surface area contributed by atoms with Gasteiger partial charge in [0.2, 0.25) is 5.95 Å². The number of hydrogen-bond donors (Lipinski definition) is 4. The predicted octanol–water partition coefficient (Wildman–Crippen LogP) is 1.05. The quantitative estimate of drug-likeness (QED) is 0.452. The molecule has 11 nitrogen and oxygen atoms in total. The van der Waals surface area contributed by atoms with Crippen molar-refractivity contribution in [2.24, 2.45) is 0 Å². The smallest absolute Gasteiger partial charge is 0.475 e. The van der Waals surface area contributed by atoms with Crippen LogP contribution in [0.1, 0.15) is 16.1 Å². The van der Waals surface area contributed by atoms with Crippen molar-refractivity contribution in [3.05, 3.63) is 64.3 Å². The van der Waals surface area contributed by atoms with Crippen molar-refractivity contribution in [2.75, 3.05) is 5.43 Å². The molecule has 0 unspecified atom stereocenters. The molecule has 4 N–H and O–H groups in total. The zero-order valence-electron chi connectivity index (χ0n) is 15.1. The molecule has 0 saturated carbocycles. The maximum absolute atomic E-state index is 12.0. The highest BCUT2D eigenvalue weighted by molar-refractivity contribution is 5.94. The molecule has 0 fully saturated rings. The van der Waals surface area contributed by atoms with E-state index in [-0.39, 0.29) is 23.1 Å². The number of carboxylic acids is 1. The van der Waals surface area contributed by atoms with Gasteiger partial charge in [-0.2, -0.15) is 18.3 Å². The molecule has 30 heavy (non-hydrogen) atoms. The molecule has 2 aromatic heterocycles. The highest BCUT2D eigenvalue weighted by Gasteiger charge is 2.38. The number of nitrogens with one attached hydrogen (secondary N) is 3. The van der Waals surface area contributed by atoms with E-state index in [1.165, 1.54) is 6.92 Å². The number of carboxylic acid groups (broad SMARTS) is 1. The molecular formula is C16H14F3N7O4. The lowest BCUT2D eigenvalue weighted by Crippen LogP contribution is -2.31. The van der Waals surface area contributed by atoms with Crippen LogP contribution >= 0.6 is 0 Å². The lowest BCUT2D eigenvalue weighted by atomic mass is 10.2. The standard InChI is InChI=1S/C14H13N7O2.C2HF3O2/c1-9-12(22)16-14(19-17-9)20-18-13(23)10-3-5-11(6-4-10)21-8-2-7-15-21;3-2(4,5)1(6)7/h2-8H,1H3,(H,18,23)(H2,16,19,20,22);(H,6,7). The first-order valence-electron chi connectivity index (χ1n) is 7.98. The first-order chi connectivity index (χ1) is 14.1. The lowest BCUT2D eigenvalue weighted by Gasteiger charge is -2.07. The fourth-order valence-corrected chi connectivity index (χ4v) is 1.82. The molecule has 14 heteroatoms. The van der Waals surface area contributed by atoms with Crippen molar-refractivity contribution < 1.29 is 27.9 Å². The third-order valence-corrected chi connectivity index (χ3v) is 3.30. The number of H-pyrrole nitrogens is 1. The van der Waals surface area contributed by atoms with Crippen LogP contribution in [0, 0.1) is 6.92 Å². The van der Waals surface area contributed by atoms with Gasteiger partial charge in [-0.25, -0.2) is 9.48 Å². The van der Waals surface area contributed by atoms with Crippen molar-refractivity contribution in [3.8, 4) is 5.69 Å². The van der Waals surface area contributed by atoms with E-state index in [0.29, 0.717) is 5.56 Å². The number of nitrogens with zero attached hydrogens (tertiary/aromatic N) is 4. The number of carbonyl (C=O) groups excluding carboxylic acids is 1. The summed E-state index contributed by atoms with van der Waals surface area (Å²) in [5.74, 6) is -3.07. The number of hydrazine groups is 1. The Morgan fingerprint density at radius 1 is 1.17 bits per heavy atom. The largest absolute Gasteiger partial charge is 0.490 e. The number of aryl methyl sites for hydroxylation is 1. The number of aliphatic carboxylic acids is 1. The van der Waals surface area contributed by atoms with Gasteiger partial charge >= 0.3 is 12.1 Å². The second-order valence-corrected chi connectivity index (χ2v) is 5.47. The molecule has 0 aliphatic heterocycles. The molecule has 3 rings (SSSR count). The summed E-state index contributed by atoms with van der Waals surface area (Å²) in [5, 5.41) is 18.6. The van der Waals surface area contributed by atoms with Crippen LogP contribution in [-0.2, 0) is 4.79 Å². The first kappa shape index (κ1) is 22.1. The van der Waals surface area contributed by atoms with Gasteiger partial charge in [0, 0.05) is 18.0 Å². The third kappa shape index (κ3) is 6.15. The highest BCUT2D eigenvalue weighted by atomic mass is 19.4. The van der Waals surface area contributed by atoms with Gasteiger partial charge in [-0.1, -0.05) is 0 Å². The highest BCUT2D eigenvalue weighted by Crippen LogP contribution is 2.13. The molecule has 0 aliphatic carbocycles. The van der Waals surface area contributed by atoms with Gasteiger partial charge in [-0.3, -0.25) is 25.4 Å². The van der Waals surface area contributed by atoms with E-state index in [4.69, 9.17) is 9.90 Å². The number of hydrogen-bond acceptors (Lipinski definition) is 7. The van der Waals surface area contributed by atoms with Crippen LogP contribution in [0.3, 0.4) is 0 Å². The maximum Gasteiger partial charge on any atom is 0.490 e. The number of anilines is 1. The van der Waals surface area contributed by atoms with Crippen molar-refractivity contribution >= 4 is 17.8 Å². The number of rotatable bonds is 4. The molecule has 0 radical (unpaired) electrons. The zero-order chi connectivity index (χ0) is 22.3. The molecule has 2 heterocycles. The lowest BCUT2D eigenvalue weighted by molar-refractivity contribution is -0.192. The summed E-state index contributed by atoms with van der Waals surface area (Å²) in [5.41, 5.74) is 6.09. The van der Waals surface area contributed by atoms with E-state index in [9.17, 15) is 22.8 Å². The number of aromatic amines is 1. The van der Waals surface area contributed by atoms with E-state index in [0.717, 1.165) is 5.69 Å². The Morgan fingerprint density at radius 2 is 1.80 bits per heavy atom. The maximum atomic E-state index is 12.0. The second kappa shape index (κ2) is 9.31. The summed E-state index contributed by atoms with van der Waals surface area (Å²) in [7, 11) is 0. The van der Waals surface area contributed by atoms with Crippen LogP contribution in [0.4, 0.5) is 19.1 Å². The molecule has 0 aliphatic rings. The van der Waals surface area contributed by atoms with E-state index in [1.807, 2.05) is 12.3 Å². The van der Waals surface area contributed by atoms with Crippen LogP contribution < -0.4 is 16.4 Å². The van der Waals surface area contributed by atoms with E-state index in [1.54, 1.807) is 35.1 Å². The van der Waals surface area contributed by atoms with Gasteiger partial charge in [-0.15, -0.1) is 10.2 Å². The minimum Gasteiger partial charge on any atom is -0.475 e. The SMILES string of the molecule is Cc1nnc(NNC(=O)c2ccc(-n3cccn3)cc2)[nH]c1=O.O=C(O)C(F)(F)F. The number of carbonyl (C=O) groups is 2. The van der Waals surface area contributed by atoms with Crippen molar-refractivity contribution in [2.45, 2.75) is 13.1 Å². The third-order valence-electron chi connectivity index (χ3n) is 3.30. The van der Waals surface area contributed by atoms with Crippen molar-refractivity contribution in [1.82, 2.24) is 30.4 Å². The summed E-state index contributed by atoms with van der Waals surface area (Å²) < 4.78 is 33.4. The van der Waals surface area contributed by atoms with Gasteiger partial charge in [0.05, 0.1) is 5.69 Å². The number of amides is 1. The summed E-state index contributed by atoms with van der Waals surface area (Å²) in [4.78, 5) is 34.8. The number of alkyl halides is 3. The summed E-state index contributed by atoms with van der Waals surface area (Å²) in [6.07, 6.45) is -1.60. The Kier molecular flexibility index (Phi) is 6.85. The average Bonchev–Trinajstić information content (AvgIpc) is 3.23. The van der Waals surface area contributed by atoms with Crippen LogP contribution in [0.25, 0.3) is 5.69 Å². The Bertz CT molecular complexity index is 1060. The molecule has 1 aromatic carbocycles. The molecule has 158 valence electrons. The van der Waals surface area contributed by atoms with Crippen molar-refractivity contribution in [3.63, 3.8) is 0 Å². The van der Waals surface area contributed by atoms with Gasteiger partial charge in [0.25, 0.3) is 11.5 Å². The van der Waals surface area contributed by atoms with Gasteiger partial charge < -0.3 is 5.11 Å². The van der Waals surface area contributed by atoms with Crippen LogP contribution in [0.5, 0.6) is 0 Å². The Morgan fingerprint density at radius 3 is 2.30 bits per heavy atom. The molecule has 0 spiro atoms. The molecule has 0 atom stereocenters. The molecular weight excluding hydrogens is 411 g/mol. The Balaban J connectivity index is 0.000000396. The minimum absolute atomic E-state index is 0.0575. The number of benzene rings is 1. The summed E-state index contributed by atoms with van der Waals surface area (Å²) in [6.45, 7) is 1.54. The predicted molar refractivity (Wildman–Crippen MR) is 95.7 cm³/mol. The average molecular weight is 425 g/mol. The fourth-order valence-electron chi connectivity index (χ4n) is 1.82. The topological polar surface area (TPSA) is 155 Å². The van der Waals surface area contributed by atoms with Gasteiger partial charge in [0.15, 0.2) is 0 Å². The zero-order valence-corrected chi connectivity index (χ0v) is 15.1. The van der Waals surface area contributed by atoms with E-state index in [2.05, 4.69) is 31.1 Å². The normalized spacial score (nSPS) is 10.5. The molecule has 0 bridgehead atoms. The van der Waals surface area contributed by atoms with Crippen molar-refractivity contribution in [1.29, 1.82) is 0 Å². The number of halogens is 3. The Hall–Kier alpha value is -4.23. The van der Waals surface area contributed by atoms with Gasteiger partial charge in [-0.05, 0) is 37.3 Å². The summed E-state index contributed by atoms with van der Waals surface area (Å²) in [6, 6.07) is 8.69. The molecule has 3 aromatic rings. The Labute approximate surface area is 165 Å². The minimum atomic E-state index is -5.08. The van der Waals surface area contributed by atoms with Gasteiger partial charge in [0.1, 0.15) is 5.69 Å². The monoisotopic (exact) mass is 425 g/mol. The molecule has 1 amide bonds. The van der Waals surface area contributed by atoms with Crippen LogP contribution in [-0.4, -0.2) is 48.1 Å². The van der Waals surface area contributed by atoms with E-state index >= 15 is 0 Å². The van der Waals surface area contributed by atoms with Crippen LogP contribution in [0.2, 0.25) is 0 Å². The summed E-state index contributed by atoms with van der Waals surface area (Å²) >= 11 is 0. The van der Waals surface area contributed by atoms with E-state index < -0.39 is 12.1 Å². The second-order valence-electron chi connectivity index (χ2n) is 5.47. The first-order valence-corrected chi connectivity index (χ1v) is 7.98. The number of aromatic nitrogens is 5. The molecule has 0 saturated heterocycles. The van der Waals surface area contributed by atoms with Crippen LogP contribution in [0.15, 0.2) is 47.5 Å².